The van der Waals surface area contributed by atoms with Crippen LogP contribution in [0, 0.1) is 0 Å². The lowest BCUT2D eigenvalue weighted by molar-refractivity contribution is -0.141. The van der Waals surface area contributed by atoms with Gasteiger partial charge in [-0.05, 0) is 13.8 Å². The van der Waals surface area contributed by atoms with Crippen molar-refractivity contribution >= 4 is 12.0 Å². The van der Waals surface area contributed by atoms with Crippen molar-refractivity contribution in [3.8, 4) is 0 Å². The number of rotatable bonds is 7. The summed E-state index contributed by atoms with van der Waals surface area (Å²) in [5.41, 5.74) is -1.49. The van der Waals surface area contributed by atoms with E-state index in [4.69, 9.17) is 5.11 Å². The van der Waals surface area contributed by atoms with Crippen molar-refractivity contribution < 1.29 is 19.8 Å². The van der Waals surface area contributed by atoms with Crippen LogP contribution in [0.4, 0.5) is 4.79 Å². The van der Waals surface area contributed by atoms with Gasteiger partial charge in [-0.3, -0.25) is 4.79 Å². The second-order valence-corrected chi connectivity index (χ2v) is 4.64. The highest BCUT2D eigenvalue weighted by Gasteiger charge is 2.24. The van der Waals surface area contributed by atoms with Crippen LogP contribution in [-0.4, -0.2) is 49.1 Å². The van der Waals surface area contributed by atoms with Gasteiger partial charge in [0.2, 0.25) is 0 Å². The van der Waals surface area contributed by atoms with Crippen molar-refractivity contribution in [2.75, 3.05) is 6.54 Å². The molecule has 20 heavy (non-hydrogen) atoms. The summed E-state index contributed by atoms with van der Waals surface area (Å²) in [4.78, 5) is 22.0. The predicted molar refractivity (Wildman–Crippen MR) is 68.8 cm³/mol. The summed E-state index contributed by atoms with van der Waals surface area (Å²) in [6.07, 6.45) is 1.12. The normalized spacial score (nSPS) is 13.6. The van der Waals surface area contributed by atoms with E-state index in [1.165, 1.54) is 6.92 Å². The SMILES string of the molecule is CCn1cnnc1CNC(=O)NCC(C)(O)CC(=O)O. The van der Waals surface area contributed by atoms with Gasteiger partial charge < -0.3 is 25.4 Å². The number of nitrogens with one attached hydrogen (secondary N) is 2. The highest BCUT2D eigenvalue weighted by atomic mass is 16.4. The number of nitrogens with zero attached hydrogens (tertiary/aromatic N) is 3. The van der Waals surface area contributed by atoms with Gasteiger partial charge in [-0.2, -0.15) is 0 Å². The zero-order valence-corrected chi connectivity index (χ0v) is 11.5. The average molecular weight is 285 g/mol. The second-order valence-electron chi connectivity index (χ2n) is 4.64. The molecule has 1 rings (SSSR count). The van der Waals surface area contributed by atoms with Crippen LogP contribution in [-0.2, 0) is 17.9 Å². The first kappa shape index (κ1) is 15.9. The largest absolute Gasteiger partial charge is 0.481 e. The first-order valence-corrected chi connectivity index (χ1v) is 6.16. The molecule has 0 aromatic carbocycles. The summed E-state index contributed by atoms with van der Waals surface area (Å²) >= 11 is 0. The maximum atomic E-state index is 11.5. The number of aliphatic hydroxyl groups is 1. The summed E-state index contributed by atoms with van der Waals surface area (Å²) in [7, 11) is 0. The molecular formula is C11H19N5O4. The van der Waals surface area contributed by atoms with E-state index in [1.54, 1.807) is 10.9 Å². The molecule has 112 valence electrons. The molecule has 0 radical (unpaired) electrons. The smallest absolute Gasteiger partial charge is 0.315 e. The van der Waals surface area contributed by atoms with E-state index in [2.05, 4.69) is 20.8 Å². The number of carbonyl (C=O) groups excluding carboxylic acids is 1. The van der Waals surface area contributed by atoms with Gasteiger partial charge in [-0.1, -0.05) is 0 Å². The molecule has 0 fully saturated rings. The number of amides is 2. The second kappa shape index (κ2) is 6.85. The van der Waals surface area contributed by atoms with Crippen LogP contribution in [0.15, 0.2) is 6.33 Å². The van der Waals surface area contributed by atoms with Gasteiger partial charge in [0.25, 0.3) is 0 Å². The van der Waals surface area contributed by atoms with Crippen LogP contribution in [0.5, 0.6) is 0 Å². The minimum Gasteiger partial charge on any atom is -0.481 e. The lowest BCUT2D eigenvalue weighted by Crippen LogP contribution is -2.45. The van der Waals surface area contributed by atoms with Gasteiger partial charge in [-0.15, -0.1) is 10.2 Å². The van der Waals surface area contributed by atoms with Crippen LogP contribution in [0.25, 0.3) is 0 Å². The first-order valence-electron chi connectivity index (χ1n) is 6.16. The third-order valence-electron chi connectivity index (χ3n) is 2.61. The number of carbonyl (C=O) groups is 2. The van der Waals surface area contributed by atoms with E-state index in [-0.39, 0.29) is 13.1 Å². The number of aliphatic carboxylic acids is 1. The fourth-order valence-corrected chi connectivity index (χ4v) is 1.56. The molecule has 4 N–H and O–H groups in total. The fourth-order valence-electron chi connectivity index (χ4n) is 1.56. The van der Waals surface area contributed by atoms with Gasteiger partial charge in [0.15, 0.2) is 5.82 Å². The molecule has 0 saturated carbocycles. The number of carboxylic acid groups (broad SMARTS) is 1. The van der Waals surface area contributed by atoms with Gasteiger partial charge in [0.1, 0.15) is 6.33 Å². The lowest BCUT2D eigenvalue weighted by Gasteiger charge is -2.21. The van der Waals surface area contributed by atoms with Gasteiger partial charge in [0, 0.05) is 13.1 Å². The minimum atomic E-state index is -1.49. The first-order chi connectivity index (χ1) is 9.34. The standard InChI is InChI=1S/C11H19N5O4/c1-3-16-7-14-15-8(16)5-12-10(19)13-6-11(2,20)4-9(17)18/h7,20H,3-6H2,1-2H3,(H,17,18)(H2,12,13,19). The Labute approximate surface area is 116 Å². The van der Waals surface area contributed by atoms with Crippen molar-refractivity contribution in [3.05, 3.63) is 12.2 Å². The van der Waals surface area contributed by atoms with Crippen LogP contribution < -0.4 is 10.6 Å². The molecule has 9 nitrogen and oxygen atoms in total. The number of hydrogen-bond acceptors (Lipinski definition) is 5. The monoisotopic (exact) mass is 285 g/mol. The van der Waals surface area contributed by atoms with E-state index < -0.39 is 24.0 Å². The maximum Gasteiger partial charge on any atom is 0.315 e. The third-order valence-corrected chi connectivity index (χ3v) is 2.61. The lowest BCUT2D eigenvalue weighted by atomic mass is 10.0. The predicted octanol–water partition coefficient (Wildman–Crippen LogP) is -0.677. The molecule has 1 heterocycles. The molecule has 9 heteroatoms. The van der Waals surface area contributed by atoms with Crippen molar-refractivity contribution in [2.45, 2.75) is 39.0 Å². The Bertz CT molecular complexity index is 471. The molecule has 1 aromatic rings. The molecule has 1 aromatic heterocycles. The molecule has 0 aliphatic heterocycles. The molecule has 2 amide bonds. The summed E-state index contributed by atoms with van der Waals surface area (Å²) in [5.74, 6) is -0.520. The number of aryl methyl sites for hydroxylation is 1. The van der Waals surface area contributed by atoms with Gasteiger partial charge in [-0.25, -0.2) is 4.79 Å². The molecule has 1 atom stereocenters. The quantitative estimate of drug-likeness (QED) is 0.525. The van der Waals surface area contributed by atoms with Crippen molar-refractivity contribution in [3.63, 3.8) is 0 Å². The summed E-state index contributed by atoms with van der Waals surface area (Å²) in [6.45, 7) is 4.00. The maximum absolute atomic E-state index is 11.5. The van der Waals surface area contributed by atoms with Crippen LogP contribution in [0.2, 0.25) is 0 Å². The van der Waals surface area contributed by atoms with E-state index in [0.29, 0.717) is 12.4 Å². The minimum absolute atomic E-state index is 0.161. The summed E-state index contributed by atoms with van der Waals surface area (Å²) in [5, 5.41) is 30.8. The molecule has 0 aliphatic rings. The zero-order chi connectivity index (χ0) is 15.2. The summed E-state index contributed by atoms with van der Waals surface area (Å²) in [6, 6.07) is -0.513. The molecular weight excluding hydrogens is 266 g/mol. The Morgan fingerprint density at radius 1 is 1.45 bits per heavy atom. The Kier molecular flexibility index (Phi) is 5.44. The zero-order valence-electron chi connectivity index (χ0n) is 11.5. The van der Waals surface area contributed by atoms with E-state index in [9.17, 15) is 14.7 Å². The molecule has 0 bridgehead atoms. The van der Waals surface area contributed by atoms with Crippen molar-refractivity contribution in [1.82, 2.24) is 25.4 Å². The topological polar surface area (TPSA) is 129 Å². The van der Waals surface area contributed by atoms with E-state index in [1.807, 2.05) is 6.92 Å². The third kappa shape index (κ3) is 5.22. The van der Waals surface area contributed by atoms with Crippen molar-refractivity contribution in [2.24, 2.45) is 0 Å². The summed E-state index contributed by atoms with van der Waals surface area (Å²) < 4.78 is 1.78. The number of aromatic nitrogens is 3. The molecule has 0 spiro atoms. The number of hydrogen-bond donors (Lipinski definition) is 4. The molecule has 0 aliphatic carbocycles. The van der Waals surface area contributed by atoms with E-state index >= 15 is 0 Å². The number of urea groups is 1. The Morgan fingerprint density at radius 2 is 2.15 bits per heavy atom. The van der Waals surface area contributed by atoms with Crippen LogP contribution in [0.3, 0.4) is 0 Å². The Hall–Kier alpha value is -2.16. The highest BCUT2D eigenvalue weighted by molar-refractivity contribution is 5.74. The van der Waals surface area contributed by atoms with Crippen molar-refractivity contribution in [1.29, 1.82) is 0 Å². The Morgan fingerprint density at radius 3 is 2.75 bits per heavy atom. The molecule has 0 saturated heterocycles. The fraction of sp³-hybridized carbons (Fsp3) is 0.636. The van der Waals surface area contributed by atoms with Gasteiger partial charge >= 0.3 is 12.0 Å². The van der Waals surface area contributed by atoms with Gasteiger partial charge in [0.05, 0.1) is 18.6 Å². The van der Waals surface area contributed by atoms with E-state index in [0.717, 1.165) is 0 Å². The number of carboxylic acids is 1. The molecule has 1 unspecified atom stereocenters. The Balaban J connectivity index is 2.35. The highest BCUT2D eigenvalue weighted by Crippen LogP contribution is 2.07. The average Bonchev–Trinajstić information content (AvgIpc) is 2.79. The van der Waals surface area contributed by atoms with Crippen LogP contribution in [0.1, 0.15) is 26.1 Å². The van der Waals surface area contributed by atoms with Crippen LogP contribution >= 0.6 is 0 Å².